The van der Waals surface area contributed by atoms with Gasteiger partial charge in [-0.05, 0) is 24.3 Å². The Morgan fingerprint density at radius 2 is 1.82 bits per heavy atom. The van der Waals surface area contributed by atoms with Crippen LogP contribution >= 0.6 is 23.2 Å². The molecule has 0 amide bonds. The van der Waals surface area contributed by atoms with E-state index in [2.05, 4.69) is 4.74 Å². The number of carbonyl (C=O) groups is 1. The molecule has 0 bridgehead atoms. The summed E-state index contributed by atoms with van der Waals surface area (Å²) in [5.41, 5.74) is -0.608. The van der Waals surface area contributed by atoms with E-state index in [1.165, 1.54) is 25.3 Å². The molecule has 0 heterocycles. The number of methoxy groups -OCH3 is 2. The zero-order valence-electron chi connectivity index (χ0n) is 14.6. The number of hydrogen-bond acceptors (Lipinski definition) is 7. The SMILES string of the molecule is COC(=O)CN(c1cc([N+](=O)[O-])ccc1OC)S(=O)(=O)c1ccc(Cl)c(Cl)c1. The number of hydrogen-bond donors (Lipinski definition) is 0. The standard InChI is InChI=1S/C16H14Cl2N2O7S/c1-26-15-6-3-10(20(22)23)7-14(15)19(9-16(21)27-2)28(24,25)11-4-5-12(17)13(18)8-11/h3-8H,9H2,1-2H3. The van der Waals surface area contributed by atoms with Crippen LogP contribution in [0.3, 0.4) is 0 Å². The summed E-state index contributed by atoms with van der Waals surface area (Å²) in [4.78, 5) is 22.0. The van der Waals surface area contributed by atoms with E-state index in [-0.39, 0.29) is 26.4 Å². The number of ether oxygens (including phenoxy) is 2. The van der Waals surface area contributed by atoms with Crippen molar-refractivity contribution in [3.05, 3.63) is 56.6 Å². The Kier molecular flexibility index (Phi) is 6.70. The van der Waals surface area contributed by atoms with Crippen LogP contribution in [0.1, 0.15) is 0 Å². The summed E-state index contributed by atoms with van der Waals surface area (Å²) in [6, 6.07) is 6.92. The van der Waals surface area contributed by atoms with Crippen LogP contribution < -0.4 is 9.04 Å². The number of sulfonamides is 1. The number of rotatable bonds is 7. The molecule has 0 saturated carbocycles. The Balaban J connectivity index is 2.72. The Labute approximate surface area is 170 Å². The van der Waals surface area contributed by atoms with Crippen molar-refractivity contribution in [2.24, 2.45) is 0 Å². The van der Waals surface area contributed by atoms with Crippen LogP contribution in [0.2, 0.25) is 10.0 Å². The van der Waals surface area contributed by atoms with Crippen molar-refractivity contribution in [2.75, 3.05) is 25.1 Å². The van der Waals surface area contributed by atoms with Crippen LogP contribution in [0.25, 0.3) is 0 Å². The minimum Gasteiger partial charge on any atom is -0.495 e. The van der Waals surface area contributed by atoms with Gasteiger partial charge >= 0.3 is 5.97 Å². The van der Waals surface area contributed by atoms with E-state index in [1.807, 2.05) is 0 Å². The first-order chi connectivity index (χ1) is 13.1. The van der Waals surface area contributed by atoms with Gasteiger partial charge in [-0.2, -0.15) is 0 Å². The molecule has 12 heteroatoms. The molecule has 0 fully saturated rings. The van der Waals surface area contributed by atoms with E-state index >= 15 is 0 Å². The van der Waals surface area contributed by atoms with E-state index in [0.29, 0.717) is 4.31 Å². The van der Waals surface area contributed by atoms with Crippen molar-refractivity contribution in [3.63, 3.8) is 0 Å². The number of carbonyl (C=O) groups excluding carboxylic acids is 1. The maximum absolute atomic E-state index is 13.2. The lowest BCUT2D eigenvalue weighted by atomic mass is 10.2. The van der Waals surface area contributed by atoms with Crippen LogP contribution in [0.4, 0.5) is 11.4 Å². The van der Waals surface area contributed by atoms with E-state index in [1.54, 1.807) is 0 Å². The fourth-order valence-electron chi connectivity index (χ4n) is 2.23. The topological polar surface area (TPSA) is 116 Å². The normalized spacial score (nSPS) is 11.0. The molecule has 150 valence electrons. The minimum atomic E-state index is -4.39. The molecule has 0 saturated heterocycles. The summed E-state index contributed by atoms with van der Waals surface area (Å²) in [6.45, 7) is -0.753. The largest absolute Gasteiger partial charge is 0.495 e. The van der Waals surface area contributed by atoms with Crippen molar-refractivity contribution >= 4 is 50.6 Å². The highest BCUT2D eigenvalue weighted by Crippen LogP contribution is 2.36. The second-order valence-electron chi connectivity index (χ2n) is 5.28. The van der Waals surface area contributed by atoms with Gasteiger partial charge in [-0.25, -0.2) is 8.42 Å². The van der Waals surface area contributed by atoms with Crippen LogP contribution in [-0.2, 0) is 19.6 Å². The second-order valence-corrected chi connectivity index (χ2v) is 7.95. The van der Waals surface area contributed by atoms with Crippen molar-refractivity contribution in [3.8, 4) is 5.75 Å². The fourth-order valence-corrected chi connectivity index (χ4v) is 4.03. The molecule has 28 heavy (non-hydrogen) atoms. The number of nitro benzene ring substituents is 1. The lowest BCUT2D eigenvalue weighted by molar-refractivity contribution is -0.384. The van der Waals surface area contributed by atoms with Gasteiger partial charge in [0.25, 0.3) is 15.7 Å². The molecule has 2 aromatic rings. The van der Waals surface area contributed by atoms with Gasteiger partial charge in [-0.3, -0.25) is 19.2 Å². The van der Waals surface area contributed by atoms with E-state index in [9.17, 15) is 23.3 Å². The third-order valence-electron chi connectivity index (χ3n) is 3.62. The van der Waals surface area contributed by atoms with Crippen molar-refractivity contribution in [1.29, 1.82) is 0 Å². The molecule has 9 nitrogen and oxygen atoms in total. The summed E-state index contributed by atoms with van der Waals surface area (Å²) < 4.78 is 36.7. The number of non-ortho nitro benzene ring substituents is 1. The molecular weight excluding hydrogens is 435 g/mol. The second kappa shape index (κ2) is 8.63. The zero-order valence-corrected chi connectivity index (χ0v) is 16.9. The number of nitro groups is 1. The molecule has 2 rings (SSSR count). The molecule has 0 aromatic heterocycles. The van der Waals surface area contributed by atoms with Crippen LogP contribution in [0.5, 0.6) is 5.75 Å². The average Bonchev–Trinajstić information content (AvgIpc) is 2.67. The first-order valence-electron chi connectivity index (χ1n) is 7.49. The van der Waals surface area contributed by atoms with Gasteiger partial charge in [-0.15, -0.1) is 0 Å². The number of benzene rings is 2. The van der Waals surface area contributed by atoms with Gasteiger partial charge in [-0.1, -0.05) is 23.2 Å². The van der Waals surface area contributed by atoms with E-state index in [0.717, 1.165) is 25.3 Å². The first-order valence-corrected chi connectivity index (χ1v) is 9.68. The third-order valence-corrected chi connectivity index (χ3v) is 6.12. The van der Waals surface area contributed by atoms with Crippen molar-refractivity contribution in [1.82, 2.24) is 0 Å². The van der Waals surface area contributed by atoms with Gasteiger partial charge in [0, 0.05) is 12.1 Å². The molecule has 0 aliphatic carbocycles. The van der Waals surface area contributed by atoms with Gasteiger partial charge < -0.3 is 9.47 Å². The maximum Gasteiger partial charge on any atom is 0.326 e. The number of nitrogens with zero attached hydrogens (tertiary/aromatic N) is 2. The summed E-state index contributed by atoms with van der Waals surface area (Å²) in [7, 11) is -2.05. The number of anilines is 1. The molecule has 0 spiro atoms. The summed E-state index contributed by atoms with van der Waals surface area (Å²) in [5.74, 6) is -0.893. The molecule has 0 aliphatic heterocycles. The van der Waals surface area contributed by atoms with Gasteiger partial charge in [0.2, 0.25) is 0 Å². The molecule has 0 aliphatic rings. The highest BCUT2D eigenvalue weighted by atomic mass is 35.5. The Morgan fingerprint density at radius 1 is 1.14 bits per heavy atom. The summed E-state index contributed by atoms with van der Waals surface area (Å²) in [5, 5.41) is 11.2. The Bertz CT molecular complexity index is 1030. The molecule has 0 radical (unpaired) electrons. The summed E-state index contributed by atoms with van der Waals surface area (Å²) in [6.07, 6.45) is 0. The highest BCUT2D eigenvalue weighted by molar-refractivity contribution is 7.92. The predicted octanol–water partition coefficient (Wildman–Crippen LogP) is 3.28. The molecular formula is C16H14Cl2N2O7S. The van der Waals surface area contributed by atoms with Crippen LogP contribution in [0.15, 0.2) is 41.3 Å². The molecule has 0 unspecified atom stereocenters. The Hall–Kier alpha value is -2.56. The monoisotopic (exact) mass is 448 g/mol. The Morgan fingerprint density at radius 3 is 2.36 bits per heavy atom. The minimum absolute atomic E-state index is 0.00172. The van der Waals surface area contributed by atoms with E-state index < -0.39 is 33.1 Å². The number of halogens is 2. The van der Waals surface area contributed by atoms with Gasteiger partial charge in [0.05, 0.1) is 34.1 Å². The van der Waals surface area contributed by atoms with Crippen molar-refractivity contribution < 1.29 is 27.6 Å². The summed E-state index contributed by atoms with van der Waals surface area (Å²) >= 11 is 11.7. The lowest BCUT2D eigenvalue weighted by Gasteiger charge is -2.25. The molecule has 0 atom stereocenters. The van der Waals surface area contributed by atoms with Gasteiger partial charge in [0.1, 0.15) is 18.0 Å². The van der Waals surface area contributed by atoms with Crippen LogP contribution in [0, 0.1) is 10.1 Å². The molecule has 2 aromatic carbocycles. The quantitative estimate of drug-likeness (QED) is 0.362. The highest BCUT2D eigenvalue weighted by Gasteiger charge is 2.31. The van der Waals surface area contributed by atoms with Crippen molar-refractivity contribution in [2.45, 2.75) is 4.90 Å². The van der Waals surface area contributed by atoms with Crippen LogP contribution in [-0.4, -0.2) is 40.1 Å². The van der Waals surface area contributed by atoms with E-state index in [4.69, 9.17) is 27.9 Å². The lowest BCUT2D eigenvalue weighted by Crippen LogP contribution is -2.36. The third kappa shape index (κ3) is 4.46. The molecule has 0 N–H and O–H groups in total. The van der Waals surface area contributed by atoms with Gasteiger partial charge in [0.15, 0.2) is 0 Å². The maximum atomic E-state index is 13.2. The average molecular weight is 449 g/mol. The predicted molar refractivity (Wildman–Crippen MR) is 103 cm³/mol. The zero-order chi connectivity index (χ0) is 21.1. The smallest absolute Gasteiger partial charge is 0.326 e. The first kappa shape index (κ1) is 21.7. The number of esters is 1. The fraction of sp³-hybridized carbons (Fsp3) is 0.188.